The van der Waals surface area contributed by atoms with E-state index in [1.807, 2.05) is 62.6 Å². The summed E-state index contributed by atoms with van der Waals surface area (Å²) in [5.41, 5.74) is 1.95. The van der Waals surface area contributed by atoms with Crippen molar-refractivity contribution in [3.63, 3.8) is 0 Å². The Hall–Kier alpha value is -1.58. The lowest BCUT2D eigenvalue weighted by Crippen LogP contribution is -2.12. The first-order chi connectivity index (χ1) is 7.18. The number of hydrogen-bond acceptors (Lipinski definition) is 3. The van der Waals surface area contributed by atoms with Crippen LogP contribution in [0.15, 0.2) is 18.3 Å². The second kappa shape index (κ2) is 4.77. The van der Waals surface area contributed by atoms with Gasteiger partial charge in [0.05, 0.1) is 11.9 Å². The molecule has 0 spiro atoms. The molecule has 0 fully saturated rings. The van der Waals surface area contributed by atoms with Crippen LogP contribution in [0.1, 0.15) is 19.5 Å². The summed E-state index contributed by atoms with van der Waals surface area (Å²) in [5, 5.41) is 4.41. The molecular weight excluding hydrogens is 188 g/mol. The summed E-state index contributed by atoms with van der Waals surface area (Å²) < 4.78 is 1.84. The topological polar surface area (TPSA) is 33.4 Å². The summed E-state index contributed by atoms with van der Waals surface area (Å²) in [4.78, 5) is 6.17. The molecular formula is C11H18N4. The number of imidazole rings is 1. The number of nitrogens with zero attached hydrogens (tertiary/aromatic N) is 4. The third kappa shape index (κ3) is 2.26. The van der Waals surface area contributed by atoms with E-state index < -0.39 is 0 Å². The summed E-state index contributed by atoms with van der Waals surface area (Å²) in [6.45, 7) is 5.99. The summed E-state index contributed by atoms with van der Waals surface area (Å²) in [7, 11) is 3.95. The molecule has 0 bridgehead atoms. The van der Waals surface area contributed by atoms with Gasteiger partial charge in [-0.3, -0.25) is 0 Å². The monoisotopic (exact) mass is 206 g/mol. The van der Waals surface area contributed by atoms with Crippen LogP contribution in [0.5, 0.6) is 0 Å². The molecule has 0 unspecified atom stereocenters. The highest BCUT2D eigenvalue weighted by molar-refractivity contribution is 5.45. The normalized spacial score (nSPS) is 9.67. The van der Waals surface area contributed by atoms with E-state index in [1.165, 1.54) is 0 Å². The molecule has 0 atom stereocenters. The van der Waals surface area contributed by atoms with Crippen molar-refractivity contribution < 1.29 is 0 Å². The smallest absolute Gasteiger partial charge is 0.153 e. The van der Waals surface area contributed by atoms with E-state index in [0.29, 0.717) is 0 Å². The van der Waals surface area contributed by atoms with Gasteiger partial charge in [-0.2, -0.15) is 0 Å². The van der Waals surface area contributed by atoms with Crippen molar-refractivity contribution in [2.24, 2.45) is 0 Å². The zero-order valence-electron chi connectivity index (χ0n) is 10.0. The number of fused-ring (bicyclic) bond motifs is 1. The van der Waals surface area contributed by atoms with Crippen molar-refractivity contribution in [2.45, 2.75) is 20.8 Å². The molecule has 0 N–H and O–H groups in total. The molecule has 4 heteroatoms. The Labute approximate surface area is 90.5 Å². The molecule has 0 aliphatic rings. The average molecular weight is 206 g/mol. The van der Waals surface area contributed by atoms with Crippen molar-refractivity contribution in [2.75, 3.05) is 19.0 Å². The highest BCUT2D eigenvalue weighted by Gasteiger charge is 2.02. The van der Waals surface area contributed by atoms with E-state index in [1.54, 1.807) is 0 Å². The molecule has 0 radical (unpaired) electrons. The summed E-state index contributed by atoms with van der Waals surface area (Å²) >= 11 is 0. The van der Waals surface area contributed by atoms with Gasteiger partial charge in [-0.1, -0.05) is 13.8 Å². The largest absolute Gasteiger partial charge is 0.361 e. The number of aromatic nitrogens is 3. The molecule has 0 saturated carbocycles. The zero-order valence-corrected chi connectivity index (χ0v) is 10.0. The summed E-state index contributed by atoms with van der Waals surface area (Å²) in [5.74, 6) is 0.939. The van der Waals surface area contributed by atoms with Gasteiger partial charge in [-0.25, -0.2) is 9.50 Å². The molecule has 4 nitrogen and oxygen atoms in total. The molecule has 0 aliphatic heterocycles. The van der Waals surface area contributed by atoms with Crippen LogP contribution in [0.25, 0.3) is 5.65 Å². The summed E-state index contributed by atoms with van der Waals surface area (Å²) in [6.07, 6.45) is 1.82. The van der Waals surface area contributed by atoms with Gasteiger partial charge in [-0.05, 0) is 19.1 Å². The van der Waals surface area contributed by atoms with E-state index >= 15 is 0 Å². The predicted molar refractivity (Wildman–Crippen MR) is 63.4 cm³/mol. The minimum Gasteiger partial charge on any atom is -0.361 e. The van der Waals surface area contributed by atoms with Gasteiger partial charge < -0.3 is 4.90 Å². The van der Waals surface area contributed by atoms with Gasteiger partial charge in [0, 0.05) is 14.1 Å². The minimum atomic E-state index is 0.892. The fourth-order valence-corrected chi connectivity index (χ4v) is 1.22. The second-order valence-electron chi connectivity index (χ2n) is 3.26. The molecule has 0 saturated heterocycles. The Kier molecular flexibility index (Phi) is 3.66. The first-order valence-electron chi connectivity index (χ1n) is 5.17. The number of hydrogen-bond donors (Lipinski definition) is 0. The standard InChI is InChI=1S/C9H12N4.C2H6/c1-7-6-10-8-4-5-9(12(2)3)11-13(7)8;1-2/h4-6H,1-3H3;1-2H3. The molecule has 0 amide bonds. The Bertz CT molecular complexity index is 431. The maximum Gasteiger partial charge on any atom is 0.153 e. The molecule has 82 valence electrons. The average Bonchev–Trinajstić information content (AvgIpc) is 2.63. The van der Waals surface area contributed by atoms with Crippen LogP contribution < -0.4 is 4.90 Å². The minimum absolute atomic E-state index is 0.892. The van der Waals surface area contributed by atoms with Gasteiger partial charge in [0.15, 0.2) is 5.65 Å². The van der Waals surface area contributed by atoms with Crippen molar-refractivity contribution in [1.29, 1.82) is 0 Å². The number of anilines is 1. The first-order valence-corrected chi connectivity index (χ1v) is 5.17. The maximum absolute atomic E-state index is 4.41. The first kappa shape index (κ1) is 11.5. The highest BCUT2D eigenvalue weighted by Crippen LogP contribution is 2.09. The fraction of sp³-hybridized carbons (Fsp3) is 0.455. The van der Waals surface area contributed by atoms with Crippen LogP contribution in [0.4, 0.5) is 5.82 Å². The van der Waals surface area contributed by atoms with Crippen LogP contribution in [0.3, 0.4) is 0 Å². The number of rotatable bonds is 1. The van der Waals surface area contributed by atoms with Crippen molar-refractivity contribution in [3.8, 4) is 0 Å². The van der Waals surface area contributed by atoms with Crippen LogP contribution in [0, 0.1) is 6.92 Å². The Morgan fingerprint density at radius 1 is 1.20 bits per heavy atom. The molecule has 0 aliphatic carbocycles. The molecule has 2 aromatic rings. The lowest BCUT2D eigenvalue weighted by Gasteiger charge is -2.10. The Morgan fingerprint density at radius 3 is 2.47 bits per heavy atom. The fourth-order valence-electron chi connectivity index (χ4n) is 1.22. The van der Waals surface area contributed by atoms with Gasteiger partial charge >= 0.3 is 0 Å². The van der Waals surface area contributed by atoms with Crippen molar-refractivity contribution in [3.05, 3.63) is 24.0 Å². The van der Waals surface area contributed by atoms with Gasteiger partial charge in [0.1, 0.15) is 5.82 Å². The molecule has 2 rings (SSSR count). The van der Waals surface area contributed by atoms with E-state index in [9.17, 15) is 0 Å². The third-order valence-electron chi connectivity index (χ3n) is 1.98. The van der Waals surface area contributed by atoms with E-state index in [0.717, 1.165) is 17.2 Å². The SMILES string of the molecule is CC.Cc1cnc2ccc(N(C)C)nn12. The second-order valence-corrected chi connectivity index (χ2v) is 3.26. The van der Waals surface area contributed by atoms with E-state index in [-0.39, 0.29) is 0 Å². The summed E-state index contributed by atoms with van der Waals surface area (Å²) in [6, 6.07) is 3.93. The van der Waals surface area contributed by atoms with E-state index in [4.69, 9.17) is 0 Å². The molecule has 2 heterocycles. The molecule has 15 heavy (non-hydrogen) atoms. The Balaban J connectivity index is 0.000000531. The van der Waals surface area contributed by atoms with Crippen LogP contribution in [-0.4, -0.2) is 28.7 Å². The zero-order chi connectivity index (χ0) is 11.4. The molecule has 2 aromatic heterocycles. The predicted octanol–water partition coefficient (Wildman–Crippen LogP) is 2.13. The van der Waals surface area contributed by atoms with Gasteiger partial charge in [-0.15, -0.1) is 5.10 Å². The lowest BCUT2D eigenvalue weighted by molar-refractivity contribution is 0.874. The Morgan fingerprint density at radius 2 is 1.87 bits per heavy atom. The lowest BCUT2D eigenvalue weighted by atomic mass is 10.5. The quantitative estimate of drug-likeness (QED) is 0.716. The van der Waals surface area contributed by atoms with Crippen LogP contribution >= 0.6 is 0 Å². The maximum atomic E-state index is 4.41. The molecule has 0 aromatic carbocycles. The third-order valence-corrected chi connectivity index (χ3v) is 1.98. The highest BCUT2D eigenvalue weighted by atomic mass is 15.3. The van der Waals surface area contributed by atoms with Gasteiger partial charge in [0.2, 0.25) is 0 Å². The van der Waals surface area contributed by atoms with Crippen molar-refractivity contribution in [1.82, 2.24) is 14.6 Å². The van der Waals surface area contributed by atoms with Crippen LogP contribution in [0.2, 0.25) is 0 Å². The number of aryl methyl sites for hydroxylation is 1. The van der Waals surface area contributed by atoms with E-state index in [2.05, 4.69) is 10.1 Å². The van der Waals surface area contributed by atoms with Gasteiger partial charge in [0.25, 0.3) is 0 Å². The van der Waals surface area contributed by atoms with Crippen LogP contribution in [-0.2, 0) is 0 Å². The van der Waals surface area contributed by atoms with Crippen molar-refractivity contribution >= 4 is 11.5 Å².